The van der Waals surface area contributed by atoms with Crippen LogP contribution in [0.3, 0.4) is 0 Å². The van der Waals surface area contributed by atoms with E-state index < -0.39 is 11.9 Å². The van der Waals surface area contributed by atoms with Crippen molar-refractivity contribution in [3.05, 3.63) is 0 Å². The molecule has 0 saturated carbocycles. The number of carbonyl (C=O) groups excluding carboxylic acids is 1. The van der Waals surface area contributed by atoms with Crippen molar-refractivity contribution in [1.29, 1.82) is 0 Å². The number of unbranched alkanes of at least 4 members (excludes halogenated alkanes) is 6. The fourth-order valence-electron chi connectivity index (χ4n) is 1.36. The SMILES string of the molecule is CCCCCCCCCNC(=O)C(=O)O. The van der Waals surface area contributed by atoms with Crippen LogP contribution >= 0.6 is 0 Å². The first-order chi connectivity index (χ1) is 7.18. The summed E-state index contributed by atoms with van der Waals surface area (Å²) in [6.45, 7) is 2.65. The summed E-state index contributed by atoms with van der Waals surface area (Å²) < 4.78 is 0. The predicted molar refractivity (Wildman–Crippen MR) is 58.6 cm³/mol. The van der Waals surface area contributed by atoms with E-state index in [-0.39, 0.29) is 0 Å². The largest absolute Gasteiger partial charge is 0.474 e. The van der Waals surface area contributed by atoms with Gasteiger partial charge in [0.25, 0.3) is 0 Å². The van der Waals surface area contributed by atoms with E-state index in [9.17, 15) is 9.59 Å². The molecule has 0 saturated heterocycles. The number of aliphatic carboxylic acids is 1. The van der Waals surface area contributed by atoms with Crippen molar-refractivity contribution in [2.45, 2.75) is 51.9 Å². The molecule has 0 bridgehead atoms. The van der Waals surface area contributed by atoms with Crippen LogP contribution in [0.5, 0.6) is 0 Å². The molecule has 0 aliphatic heterocycles. The fraction of sp³-hybridized carbons (Fsp3) is 0.818. The highest BCUT2D eigenvalue weighted by molar-refractivity contribution is 6.31. The van der Waals surface area contributed by atoms with Crippen molar-refractivity contribution in [2.75, 3.05) is 6.54 Å². The van der Waals surface area contributed by atoms with Gasteiger partial charge in [0, 0.05) is 6.54 Å². The zero-order valence-electron chi connectivity index (χ0n) is 9.42. The molecule has 0 unspecified atom stereocenters. The molecular formula is C11H21NO3. The van der Waals surface area contributed by atoms with Gasteiger partial charge in [-0.2, -0.15) is 0 Å². The van der Waals surface area contributed by atoms with Gasteiger partial charge in [-0.25, -0.2) is 4.79 Å². The van der Waals surface area contributed by atoms with Gasteiger partial charge in [-0.05, 0) is 6.42 Å². The first-order valence-corrected chi connectivity index (χ1v) is 5.69. The van der Waals surface area contributed by atoms with Crippen molar-refractivity contribution < 1.29 is 14.7 Å². The third kappa shape index (κ3) is 9.25. The summed E-state index contributed by atoms with van der Waals surface area (Å²) in [4.78, 5) is 20.7. The Morgan fingerprint density at radius 1 is 1.00 bits per heavy atom. The molecule has 15 heavy (non-hydrogen) atoms. The Kier molecular flexibility index (Phi) is 8.82. The lowest BCUT2D eigenvalue weighted by Crippen LogP contribution is -2.31. The summed E-state index contributed by atoms with van der Waals surface area (Å²) in [5.41, 5.74) is 0. The molecule has 0 aliphatic carbocycles. The van der Waals surface area contributed by atoms with Gasteiger partial charge in [0.1, 0.15) is 0 Å². The molecule has 1 amide bonds. The normalized spacial score (nSPS) is 9.93. The molecule has 0 rings (SSSR count). The number of hydrogen-bond acceptors (Lipinski definition) is 2. The highest BCUT2D eigenvalue weighted by Gasteiger charge is 2.08. The van der Waals surface area contributed by atoms with Gasteiger partial charge in [-0.1, -0.05) is 45.4 Å². The second-order valence-electron chi connectivity index (χ2n) is 3.68. The van der Waals surface area contributed by atoms with E-state index in [0.717, 1.165) is 12.8 Å². The van der Waals surface area contributed by atoms with Crippen LogP contribution in [0.2, 0.25) is 0 Å². The summed E-state index contributed by atoms with van der Waals surface area (Å²) in [7, 11) is 0. The minimum absolute atomic E-state index is 0.471. The number of amides is 1. The Hall–Kier alpha value is -1.06. The molecule has 0 aliphatic rings. The maximum absolute atomic E-state index is 10.6. The Labute approximate surface area is 91.1 Å². The van der Waals surface area contributed by atoms with E-state index in [1.165, 1.54) is 32.1 Å². The van der Waals surface area contributed by atoms with Gasteiger partial charge in [0.05, 0.1) is 0 Å². The summed E-state index contributed by atoms with van der Waals surface area (Å²) >= 11 is 0. The first kappa shape index (κ1) is 13.9. The molecule has 0 radical (unpaired) electrons. The average Bonchev–Trinajstić information content (AvgIpc) is 2.21. The van der Waals surface area contributed by atoms with Crippen LogP contribution in [-0.4, -0.2) is 23.5 Å². The molecular weight excluding hydrogens is 194 g/mol. The van der Waals surface area contributed by atoms with Crippen LogP contribution in [0.4, 0.5) is 0 Å². The Bertz CT molecular complexity index is 192. The zero-order valence-corrected chi connectivity index (χ0v) is 9.42. The van der Waals surface area contributed by atoms with Gasteiger partial charge in [0.2, 0.25) is 0 Å². The number of nitrogens with one attached hydrogen (secondary N) is 1. The van der Waals surface area contributed by atoms with E-state index >= 15 is 0 Å². The van der Waals surface area contributed by atoms with Crippen molar-refractivity contribution in [1.82, 2.24) is 5.32 Å². The Morgan fingerprint density at radius 2 is 1.53 bits per heavy atom. The summed E-state index contributed by atoms with van der Waals surface area (Å²) in [6, 6.07) is 0. The topological polar surface area (TPSA) is 66.4 Å². The molecule has 4 heteroatoms. The highest BCUT2D eigenvalue weighted by atomic mass is 16.4. The predicted octanol–water partition coefficient (Wildman–Crippen LogP) is 1.94. The van der Waals surface area contributed by atoms with E-state index in [1.54, 1.807) is 0 Å². The lowest BCUT2D eigenvalue weighted by Gasteiger charge is -2.02. The summed E-state index contributed by atoms with van der Waals surface area (Å²) in [5.74, 6) is -2.31. The minimum Gasteiger partial charge on any atom is -0.474 e. The van der Waals surface area contributed by atoms with Crippen LogP contribution in [0.25, 0.3) is 0 Å². The monoisotopic (exact) mass is 215 g/mol. The van der Waals surface area contributed by atoms with Crippen LogP contribution < -0.4 is 5.32 Å². The molecule has 0 fully saturated rings. The lowest BCUT2D eigenvalue weighted by molar-refractivity contribution is -0.150. The Balaban J connectivity index is 3.11. The van der Waals surface area contributed by atoms with Gasteiger partial charge in [-0.3, -0.25) is 4.79 Å². The number of carboxylic acids is 1. The van der Waals surface area contributed by atoms with Gasteiger partial charge < -0.3 is 10.4 Å². The molecule has 4 nitrogen and oxygen atoms in total. The number of rotatable bonds is 8. The van der Waals surface area contributed by atoms with Crippen LogP contribution in [0, 0.1) is 0 Å². The molecule has 0 heterocycles. The van der Waals surface area contributed by atoms with E-state index in [4.69, 9.17) is 5.11 Å². The summed E-state index contributed by atoms with van der Waals surface area (Å²) in [5, 5.41) is 10.6. The van der Waals surface area contributed by atoms with Crippen molar-refractivity contribution in [2.24, 2.45) is 0 Å². The zero-order chi connectivity index (χ0) is 11.5. The van der Waals surface area contributed by atoms with Gasteiger partial charge in [0.15, 0.2) is 0 Å². The van der Waals surface area contributed by atoms with Crippen molar-refractivity contribution >= 4 is 11.9 Å². The second kappa shape index (κ2) is 9.49. The molecule has 0 aromatic carbocycles. The standard InChI is InChI=1S/C11H21NO3/c1-2-3-4-5-6-7-8-9-12-10(13)11(14)15/h2-9H2,1H3,(H,12,13)(H,14,15). The third-order valence-corrected chi connectivity index (χ3v) is 2.26. The second-order valence-corrected chi connectivity index (χ2v) is 3.68. The van der Waals surface area contributed by atoms with E-state index in [1.807, 2.05) is 0 Å². The highest BCUT2D eigenvalue weighted by Crippen LogP contribution is 2.06. The fourth-order valence-corrected chi connectivity index (χ4v) is 1.36. The molecule has 88 valence electrons. The maximum atomic E-state index is 10.6. The first-order valence-electron chi connectivity index (χ1n) is 5.69. The maximum Gasteiger partial charge on any atom is 0.394 e. The van der Waals surface area contributed by atoms with E-state index in [2.05, 4.69) is 12.2 Å². The van der Waals surface area contributed by atoms with Crippen molar-refractivity contribution in [3.63, 3.8) is 0 Å². The quantitative estimate of drug-likeness (QED) is 0.480. The van der Waals surface area contributed by atoms with E-state index in [0.29, 0.717) is 6.54 Å². The molecule has 0 aromatic rings. The summed E-state index contributed by atoms with van der Waals surface area (Å²) in [6.07, 6.45) is 8.14. The third-order valence-electron chi connectivity index (χ3n) is 2.26. The number of carboxylic acid groups (broad SMARTS) is 1. The average molecular weight is 215 g/mol. The minimum atomic E-state index is -1.40. The number of carbonyl (C=O) groups is 2. The smallest absolute Gasteiger partial charge is 0.394 e. The molecule has 0 aromatic heterocycles. The van der Waals surface area contributed by atoms with Gasteiger partial charge >= 0.3 is 11.9 Å². The molecule has 2 N–H and O–H groups in total. The number of hydrogen-bond donors (Lipinski definition) is 2. The van der Waals surface area contributed by atoms with Gasteiger partial charge in [-0.15, -0.1) is 0 Å². The van der Waals surface area contributed by atoms with Crippen molar-refractivity contribution in [3.8, 4) is 0 Å². The molecule has 0 spiro atoms. The van der Waals surface area contributed by atoms with Crippen LogP contribution in [0.1, 0.15) is 51.9 Å². The Morgan fingerprint density at radius 3 is 2.07 bits per heavy atom. The van der Waals surface area contributed by atoms with Crippen LogP contribution in [-0.2, 0) is 9.59 Å². The lowest BCUT2D eigenvalue weighted by atomic mass is 10.1. The molecule has 0 atom stereocenters. The van der Waals surface area contributed by atoms with Crippen LogP contribution in [0.15, 0.2) is 0 Å².